The van der Waals surface area contributed by atoms with E-state index in [0.29, 0.717) is 6.04 Å². The molecule has 2 aliphatic rings. The second kappa shape index (κ2) is 4.81. The minimum atomic E-state index is -0.0198. The van der Waals surface area contributed by atoms with Gasteiger partial charge in [-0.15, -0.1) is 11.3 Å². The topological polar surface area (TPSA) is 8.17 Å². The molecule has 4 heterocycles. The van der Waals surface area contributed by atoms with E-state index in [2.05, 4.69) is 95.4 Å². The Kier molecular flexibility index (Phi) is 3.09. The van der Waals surface area contributed by atoms with Crippen LogP contribution in [0.2, 0.25) is 0 Å². The third kappa shape index (κ3) is 1.65. The molecule has 5 rings (SSSR count). The van der Waals surface area contributed by atoms with Crippen LogP contribution in [0.5, 0.6) is 0 Å². The Morgan fingerprint density at radius 2 is 1.74 bits per heavy atom. The first kappa shape index (κ1) is 17.4. The number of thiophene rings is 1. The highest BCUT2D eigenvalue weighted by molar-refractivity contribution is 7.19. The molecule has 0 radical (unpaired) electrons. The van der Waals surface area contributed by atoms with Gasteiger partial charge in [-0.1, -0.05) is 45.9 Å². The summed E-state index contributed by atoms with van der Waals surface area (Å²) in [6, 6.07) is 9.55. The van der Waals surface area contributed by atoms with Gasteiger partial charge >= 0.3 is 0 Å². The maximum absolute atomic E-state index is 2.76. The van der Waals surface area contributed by atoms with Gasteiger partial charge in [0, 0.05) is 34.8 Å². The van der Waals surface area contributed by atoms with Crippen LogP contribution in [-0.2, 0) is 18.0 Å². The lowest BCUT2D eigenvalue weighted by Gasteiger charge is -2.62. The summed E-state index contributed by atoms with van der Waals surface area (Å²) in [6.45, 7) is 17.1. The Labute approximate surface area is 166 Å². The molecule has 0 saturated carbocycles. The Hall–Kier alpha value is -1.74. The number of anilines is 1. The van der Waals surface area contributed by atoms with E-state index in [0.717, 1.165) is 0 Å². The third-order valence-electron chi connectivity index (χ3n) is 8.41. The first-order valence-electron chi connectivity index (χ1n) is 10.0. The SMILES string of the molecule is Cc1cccc2c1N1[C@@H](C)c3c(sc4ccn(C)c34)C1(C)C(C)(C)C2(C)C. The molecule has 0 N–H and O–H groups in total. The summed E-state index contributed by atoms with van der Waals surface area (Å²) in [5.41, 5.74) is 7.48. The van der Waals surface area contributed by atoms with Crippen molar-refractivity contribution in [1.82, 2.24) is 4.57 Å². The van der Waals surface area contributed by atoms with Crippen molar-refractivity contribution in [2.75, 3.05) is 4.90 Å². The molecule has 2 nitrogen and oxygen atoms in total. The molecular weight excluding hydrogens is 348 g/mol. The average molecular weight is 379 g/mol. The Morgan fingerprint density at radius 3 is 2.44 bits per heavy atom. The van der Waals surface area contributed by atoms with Crippen LogP contribution < -0.4 is 4.90 Å². The molecule has 2 aromatic heterocycles. The van der Waals surface area contributed by atoms with Crippen LogP contribution in [-0.4, -0.2) is 4.57 Å². The maximum Gasteiger partial charge on any atom is 0.0787 e. The summed E-state index contributed by atoms with van der Waals surface area (Å²) in [6.07, 6.45) is 2.21. The van der Waals surface area contributed by atoms with Crippen LogP contribution in [0.1, 0.15) is 69.2 Å². The zero-order valence-corrected chi connectivity index (χ0v) is 18.6. The van der Waals surface area contributed by atoms with Gasteiger partial charge in [0.05, 0.1) is 21.8 Å². The largest absolute Gasteiger partial charge is 0.353 e. The predicted molar refractivity (Wildman–Crippen MR) is 117 cm³/mol. The van der Waals surface area contributed by atoms with Gasteiger partial charge in [0.15, 0.2) is 0 Å². The van der Waals surface area contributed by atoms with Gasteiger partial charge in [-0.2, -0.15) is 0 Å². The highest BCUT2D eigenvalue weighted by atomic mass is 32.1. The molecule has 0 fully saturated rings. The van der Waals surface area contributed by atoms with E-state index in [1.54, 1.807) is 10.4 Å². The standard InChI is InChI=1S/C24H30N2S/c1-14-10-9-11-16-19(14)26-15(2)18-20-17(12-13-25(20)8)27-21(18)24(26,7)23(5,6)22(16,3)4/h9-13,15H,1-8H3/t15-,24?/m0/s1. The van der Waals surface area contributed by atoms with Gasteiger partial charge in [-0.3, -0.25) is 0 Å². The van der Waals surface area contributed by atoms with E-state index in [9.17, 15) is 0 Å². The summed E-state index contributed by atoms with van der Waals surface area (Å²) >= 11 is 2.02. The molecule has 2 atom stereocenters. The highest BCUT2D eigenvalue weighted by Crippen LogP contribution is 2.69. The van der Waals surface area contributed by atoms with Crippen molar-refractivity contribution in [2.24, 2.45) is 12.5 Å². The van der Waals surface area contributed by atoms with Gasteiger partial charge < -0.3 is 9.47 Å². The molecule has 0 aliphatic carbocycles. The normalized spacial score (nSPS) is 27.6. The lowest BCUT2D eigenvalue weighted by atomic mass is 9.52. The van der Waals surface area contributed by atoms with Crippen molar-refractivity contribution in [2.45, 2.75) is 65.5 Å². The van der Waals surface area contributed by atoms with Gasteiger partial charge in [-0.05, 0) is 43.4 Å². The lowest BCUT2D eigenvalue weighted by Crippen LogP contribution is -2.61. The Morgan fingerprint density at radius 1 is 1.04 bits per heavy atom. The monoisotopic (exact) mass is 378 g/mol. The molecule has 1 unspecified atom stereocenters. The number of aromatic nitrogens is 1. The fourth-order valence-electron chi connectivity index (χ4n) is 5.99. The van der Waals surface area contributed by atoms with Crippen molar-refractivity contribution in [3.05, 3.63) is 52.0 Å². The predicted octanol–water partition coefficient (Wildman–Crippen LogP) is 6.66. The minimum absolute atomic E-state index is 0.0198. The smallest absolute Gasteiger partial charge is 0.0787 e. The van der Waals surface area contributed by atoms with Gasteiger partial charge in [-0.25, -0.2) is 0 Å². The zero-order valence-electron chi connectivity index (χ0n) is 17.8. The highest BCUT2D eigenvalue weighted by Gasteiger charge is 2.65. The molecule has 0 bridgehead atoms. The summed E-state index contributed by atoms with van der Waals surface area (Å²) < 4.78 is 3.75. The number of hydrogen-bond acceptors (Lipinski definition) is 2. The van der Waals surface area contributed by atoms with Crippen LogP contribution in [0.4, 0.5) is 5.69 Å². The molecule has 3 aromatic rings. The zero-order chi connectivity index (χ0) is 19.5. The lowest BCUT2D eigenvalue weighted by molar-refractivity contribution is 0.0672. The Bertz CT molecular complexity index is 1100. The molecule has 1 aromatic carbocycles. The minimum Gasteiger partial charge on any atom is -0.353 e. The van der Waals surface area contributed by atoms with Crippen LogP contribution >= 0.6 is 11.3 Å². The number of nitrogens with zero attached hydrogens (tertiary/aromatic N) is 2. The van der Waals surface area contributed by atoms with E-state index in [-0.39, 0.29) is 16.4 Å². The van der Waals surface area contributed by atoms with Gasteiger partial charge in [0.2, 0.25) is 0 Å². The number of aryl methyl sites for hydroxylation is 2. The number of fused-ring (bicyclic) bond motifs is 7. The van der Waals surface area contributed by atoms with Crippen molar-refractivity contribution in [3.8, 4) is 0 Å². The summed E-state index contributed by atoms with van der Waals surface area (Å²) in [5.74, 6) is 0. The molecule has 27 heavy (non-hydrogen) atoms. The number of benzene rings is 1. The number of hydrogen-bond donors (Lipinski definition) is 0. The second-order valence-electron chi connectivity index (χ2n) is 9.82. The second-order valence-corrected chi connectivity index (χ2v) is 10.9. The molecule has 0 spiro atoms. The van der Waals surface area contributed by atoms with E-state index < -0.39 is 0 Å². The van der Waals surface area contributed by atoms with Crippen LogP contribution in [0.15, 0.2) is 30.5 Å². The van der Waals surface area contributed by atoms with Crippen LogP contribution in [0.3, 0.4) is 0 Å². The fraction of sp³-hybridized carbons (Fsp3) is 0.500. The van der Waals surface area contributed by atoms with E-state index in [1.165, 1.54) is 27.0 Å². The number of para-hydroxylation sites is 1. The van der Waals surface area contributed by atoms with Crippen molar-refractivity contribution >= 4 is 27.2 Å². The van der Waals surface area contributed by atoms with Crippen molar-refractivity contribution < 1.29 is 0 Å². The summed E-state index contributed by atoms with van der Waals surface area (Å²) in [5, 5.41) is 0. The maximum atomic E-state index is 2.76. The van der Waals surface area contributed by atoms with Crippen molar-refractivity contribution in [1.29, 1.82) is 0 Å². The van der Waals surface area contributed by atoms with Crippen LogP contribution in [0.25, 0.3) is 10.2 Å². The Balaban J connectivity index is 1.94. The molecule has 0 saturated heterocycles. The van der Waals surface area contributed by atoms with Crippen molar-refractivity contribution in [3.63, 3.8) is 0 Å². The molecule has 142 valence electrons. The first-order valence-corrected chi connectivity index (χ1v) is 10.8. The average Bonchev–Trinajstić information content (AvgIpc) is 3.20. The van der Waals surface area contributed by atoms with E-state index in [4.69, 9.17) is 0 Å². The van der Waals surface area contributed by atoms with E-state index in [1.807, 2.05) is 11.3 Å². The summed E-state index contributed by atoms with van der Waals surface area (Å²) in [4.78, 5) is 4.33. The summed E-state index contributed by atoms with van der Waals surface area (Å²) in [7, 11) is 2.19. The third-order valence-corrected chi connectivity index (χ3v) is 9.78. The van der Waals surface area contributed by atoms with Gasteiger partial charge in [0.25, 0.3) is 0 Å². The number of rotatable bonds is 0. The van der Waals surface area contributed by atoms with Crippen LogP contribution in [0, 0.1) is 12.3 Å². The molecule has 0 amide bonds. The fourth-order valence-corrected chi connectivity index (χ4v) is 7.62. The molecule has 3 heteroatoms. The van der Waals surface area contributed by atoms with Gasteiger partial charge in [0.1, 0.15) is 0 Å². The molecular formula is C24H30N2S. The quantitative estimate of drug-likeness (QED) is 0.424. The first-order chi connectivity index (χ1) is 12.5. The molecule has 2 aliphatic heterocycles. The van der Waals surface area contributed by atoms with E-state index >= 15 is 0 Å².